The van der Waals surface area contributed by atoms with Crippen molar-refractivity contribution in [3.05, 3.63) is 12.2 Å². The summed E-state index contributed by atoms with van der Waals surface area (Å²) in [6.07, 6.45) is 1.91. The molecule has 1 atom stereocenters. The van der Waals surface area contributed by atoms with Crippen molar-refractivity contribution in [3.8, 4) is 6.07 Å². The molecule has 0 spiro atoms. The summed E-state index contributed by atoms with van der Waals surface area (Å²) in [6, 6.07) is 1.63. The van der Waals surface area contributed by atoms with E-state index in [0.29, 0.717) is 0 Å². The van der Waals surface area contributed by atoms with E-state index in [0.717, 1.165) is 19.4 Å². The Morgan fingerprint density at radius 2 is 2.54 bits per heavy atom. The number of ether oxygens (including phenoxy) is 2. The molecule has 4 heteroatoms. The molecule has 1 heterocycles. The average Bonchev–Trinajstić information content (AvgIpc) is 2.65. The first-order valence-electron chi connectivity index (χ1n) is 4.11. The van der Waals surface area contributed by atoms with Crippen molar-refractivity contribution in [2.75, 3.05) is 13.2 Å². The van der Waals surface area contributed by atoms with Crippen molar-refractivity contribution < 1.29 is 14.3 Å². The van der Waals surface area contributed by atoms with Crippen LogP contribution >= 0.6 is 0 Å². The van der Waals surface area contributed by atoms with Gasteiger partial charge in [0.15, 0.2) is 0 Å². The first-order chi connectivity index (χ1) is 6.24. The SMILES string of the molecule is C=C(C#N)C(=O)OCC1CCCO1. The van der Waals surface area contributed by atoms with Crippen LogP contribution < -0.4 is 0 Å². The number of nitriles is 1. The first-order valence-corrected chi connectivity index (χ1v) is 4.11. The van der Waals surface area contributed by atoms with E-state index in [-0.39, 0.29) is 18.3 Å². The Hall–Kier alpha value is -1.34. The summed E-state index contributed by atoms with van der Waals surface area (Å²) in [7, 11) is 0. The van der Waals surface area contributed by atoms with Crippen LogP contribution in [0.4, 0.5) is 0 Å². The summed E-state index contributed by atoms with van der Waals surface area (Å²) in [5.74, 6) is -0.655. The van der Waals surface area contributed by atoms with Crippen LogP contribution in [0, 0.1) is 11.3 Å². The molecule has 0 radical (unpaired) electrons. The number of carbonyl (C=O) groups is 1. The second-order valence-corrected chi connectivity index (χ2v) is 2.82. The Kier molecular flexibility index (Phi) is 3.47. The molecular formula is C9H11NO3. The molecule has 0 aliphatic carbocycles. The van der Waals surface area contributed by atoms with E-state index >= 15 is 0 Å². The quantitative estimate of drug-likeness (QED) is 0.367. The topological polar surface area (TPSA) is 59.3 Å². The Labute approximate surface area is 76.7 Å². The third kappa shape index (κ3) is 2.88. The molecule has 0 aromatic heterocycles. The van der Waals surface area contributed by atoms with Crippen LogP contribution in [0.1, 0.15) is 12.8 Å². The average molecular weight is 181 g/mol. The molecule has 1 aliphatic heterocycles. The third-order valence-corrected chi connectivity index (χ3v) is 1.81. The van der Waals surface area contributed by atoms with Gasteiger partial charge in [0.1, 0.15) is 18.2 Å². The number of esters is 1. The van der Waals surface area contributed by atoms with Gasteiger partial charge in [0, 0.05) is 6.61 Å². The summed E-state index contributed by atoms with van der Waals surface area (Å²) in [6.45, 7) is 4.19. The molecular weight excluding hydrogens is 170 g/mol. The van der Waals surface area contributed by atoms with Gasteiger partial charge >= 0.3 is 5.97 Å². The van der Waals surface area contributed by atoms with E-state index in [1.165, 1.54) is 0 Å². The highest BCUT2D eigenvalue weighted by atomic mass is 16.6. The predicted octanol–water partition coefficient (Wildman–Crippen LogP) is 0.788. The van der Waals surface area contributed by atoms with Crippen LogP contribution in [0.5, 0.6) is 0 Å². The van der Waals surface area contributed by atoms with Crippen LogP contribution in [0.3, 0.4) is 0 Å². The number of carbonyl (C=O) groups excluding carboxylic acids is 1. The van der Waals surface area contributed by atoms with Crippen molar-refractivity contribution in [1.82, 2.24) is 0 Å². The fourth-order valence-corrected chi connectivity index (χ4v) is 1.08. The molecule has 0 amide bonds. The fourth-order valence-electron chi connectivity index (χ4n) is 1.08. The maximum atomic E-state index is 10.9. The fraction of sp³-hybridized carbons (Fsp3) is 0.556. The summed E-state index contributed by atoms with van der Waals surface area (Å²) in [5.41, 5.74) is -0.169. The van der Waals surface area contributed by atoms with E-state index in [1.807, 2.05) is 0 Å². The van der Waals surface area contributed by atoms with Crippen molar-refractivity contribution >= 4 is 5.97 Å². The normalized spacial score (nSPS) is 20.7. The molecule has 13 heavy (non-hydrogen) atoms. The zero-order valence-corrected chi connectivity index (χ0v) is 7.28. The van der Waals surface area contributed by atoms with Gasteiger partial charge in [0.25, 0.3) is 0 Å². The van der Waals surface area contributed by atoms with Crippen LogP contribution in [0.15, 0.2) is 12.2 Å². The molecule has 0 saturated carbocycles. The molecule has 1 rings (SSSR count). The van der Waals surface area contributed by atoms with E-state index < -0.39 is 5.97 Å². The number of nitrogens with zero attached hydrogens (tertiary/aromatic N) is 1. The molecule has 70 valence electrons. The number of rotatable bonds is 3. The Bertz CT molecular complexity index is 248. The highest BCUT2D eigenvalue weighted by Gasteiger charge is 2.18. The smallest absolute Gasteiger partial charge is 0.348 e. The van der Waals surface area contributed by atoms with Gasteiger partial charge in [0.05, 0.1) is 6.10 Å². The number of hydrogen-bond donors (Lipinski definition) is 0. The molecule has 0 aromatic carbocycles. The summed E-state index contributed by atoms with van der Waals surface area (Å²) in [4.78, 5) is 10.9. The van der Waals surface area contributed by atoms with Crippen LogP contribution in [-0.4, -0.2) is 25.3 Å². The molecule has 1 fully saturated rings. The predicted molar refractivity (Wildman–Crippen MR) is 44.7 cm³/mol. The summed E-state index contributed by atoms with van der Waals surface area (Å²) < 4.78 is 10.0. The van der Waals surface area contributed by atoms with Crippen molar-refractivity contribution in [1.29, 1.82) is 5.26 Å². The molecule has 0 bridgehead atoms. The van der Waals surface area contributed by atoms with Crippen molar-refractivity contribution in [2.45, 2.75) is 18.9 Å². The molecule has 4 nitrogen and oxygen atoms in total. The first kappa shape index (κ1) is 9.75. The van der Waals surface area contributed by atoms with Crippen LogP contribution in [0.25, 0.3) is 0 Å². The lowest BCUT2D eigenvalue weighted by Crippen LogP contribution is -2.18. The summed E-state index contributed by atoms with van der Waals surface area (Å²) in [5, 5.41) is 8.32. The molecule has 1 saturated heterocycles. The summed E-state index contributed by atoms with van der Waals surface area (Å²) >= 11 is 0. The van der Waals surface area contributed by atoms with Crippen molar-refractivity contribution in [3.63, 3.8) is 0 Å². The Morgan fingerprint density at radius 1 is 1.77 bits per heavy atom. The second kappa shape index (κ2) is 4.63. The lowest BCUT2D eigenvalue weighted by molar-refractivity contribution is -0.141. The van der Waals surface area contributed by atoms with E-state index in [2.05, 4.69) is 6.58 Å². The Morgan fingerprint density at radius 3 is 3.08 bits per heavy atom. The van der Waals surface area contributed by atoms with Gasteiger partial charge in [-0.1, -0.05) is 6.58 Å². The van der Waals surface area contributed by atoms with Gasteiger partial charge in [-0.05, 0) is 12.8 Å². The maximum Gasteiger partial charge on any atom is 0.348 e. The minimum Gasteiger partial charge on any atom is -0.459 e. The zero-order chi connectivity index (χ0) is 9.68. The van der Waals surface area contributed by atoms with Gasteiger partial charge in [0.2, 0.25) is 0 Å². The minimum atomic E-state index is -0.655. The lowest BCUT2D eigenvalue weighted by atomic mass is 10.2. The molecule has 1 unspecified atom stereocenters. The van der Waals surface area contributed by atoms with Gasteiger partial charge in [-0.2, -0.15) is 5.26 Å². The van der Waals surface area contributed by atoms with Gasteiger partial charge in [-0.15, -0.1) is 0 Å². The lowest BCUT2D eigenvalue weighted by Gasteiger charge is -2.08. The molecule has 0 aromatic rings. The van der Waals surface area contributed by atoms with Gasteiger partial charge in [-0.25, -0.2) is 4.79 Å². The number of hydrogen-bond acceptors (Lipinski definition) is 4. The van der Waals surface area contributed by atoms with Crippen LogP contribution in [-0.2, 0) is 14.3 Å². The van der Waals surface area contributed by atoms with Crippen LogP contribution in [0.2, 0.25) is 0 Å². The Balaban J connectivity index is 2.22. The standard InChI is InChI=1S/C9H11NO3/c1-7(5-10)9(11)13-6-8-3-2-4-12-8/h8H,1-4,6H2. The monoisotopic (exact) mass is 181 g/mol. The maximum absolute atomic E-state index is 10.9. The third-order valence-electron chi connectivity index (χ3n) is 1.81. The van der Waals surface area contributed by atoms with E-state index in [1.54, 1.807) is 6.07 Å². The zero-order valence-electron chi connectivity index (χ0n) is 7.28. The largest absolute Gasteiger partial charge is 0.459 e. The van der Waals surface area contributed by atoms with Gasteiger partial charge < -0.3 is 9.47 Å². The van der Waals surface area contributed by atoms with E-state index in [9.17, 15) is 4.79 Å². The minimum absolute atomic E-state index is 0.00422. The molecule has 0 N–H and O–H groups in total. The molecule has 1 aliphatic rings. The van der Waals surface area contributed by atoms with Crippen molar-refractivity contribution in [2.24, 2.45) is 0 Å². The van der Waals surface area contributed by atoms with E-state index in [4.69, 9.17) is 14.7 Å². The second-order valence-electron chi connectivity index (χ2n) is 2.82. The van der Waals surface area contributed by atoms with Gasteiger partial charge in [-0.3, -0.25) is 0 Å². The highest BCUT2D eigenvalue weighted by molar-refractivity contribution is 5.91. The highest BCUT2D eigenvalue weighted by Crippen LogP contribution is 2.12.